The fraction of sp³-hybridized carbons (Fsp3) is 0.107. The summed E-state index contributed by atoms with van der Waals surface area (Å²) in [6.45, 7) is 0. The highest BCUT2D eigenvalue weighted by atomic mass is 15.2. The van der Waals surface area contributed by atoms with Crippen LogP contribution in [0.1, 0.15) is 19.3 Å². The smallest absolute Gasteiger partial charge is 0.0467 e. The topological polar surface area (TPSA) is 6.48 Å². The van der Waals surface area contributed by atoms with Gasteiger partial charge in [0.1, 0.15) is 0 Å². The van der Waals surface area contributed by atoms with Crippen LogP contribution in [0.2, 0.25) is 0 Å². The maximum Gasteiger partial charge on any atom is 0.0467 e. The summed E-state index contributed by atoms with van der Waals surface area (Å²) in [5.74, 6) is 1.50. The lowest BCUT2D eigenvalue weighted by atomic mass is 9.68. The second-order valence-corrected chi connectivity index (χ2v) is 16.1. The zero-order chi connectivity index (χ0) is 38.4. The summed E-state index contributed by atoms with van der Waals surface area (Å²) in [4.78, 5) is 4.79. The molecule has 0 N–H and O–H groups in total. The molecule has 3 unspecified atom stereocenters. The highest BCUT2D eigenvalue weighted by molar-refractivity contribution is 5.79. The molecule has 5 aromatic rings. The molecule has 58 heavy (non-hydrogen) atoms. The number of allylic oxidation sites excluding steroid dienone is 18. The van der Waals surface area contributed by atoms with Gasteiger partial charge >= 0.3 is 0 Å². The van der Waals surface area contributed by atoms with Gasteiger partial charge in [0.05, 0.1) is 0 Å². The van der Waals surface area contributed by atoms with Crippen molar-refractivity contribution in [2.45, 2.75) is 19.3 Å². The second-order valence-electron chi connectivity index (χ2n) is 16.1. The molecule has 0 aromatic heterocycles. The van der Waals surface area contributed by atoms with Crippen LogP contribution in [-0.2, 0) is 0 Å². The van der Waals surface area contributed by atoms with Crippen molar-refractivity contribution in [1.82, 2.24) is 0 Å². The van der Waals surface area contributed by atoms with E-state index in [1.165, 1.54) is 86.6 Å². The van der Waals surface area contributed by atoms with Crippen molar-refractivity contribution >= 4 is 22.7 Å². The average molecular weight is 745 g/mol. The third-order valence-electron chi connectivity index (χ3n) is 12.6. The molecule has 6 aliphatic carbocycles. The SMILES string of the molecule is C1=CC2=CC=CC3=CC(N(c4ccccc4)c4ccc(-c5ccc(-c6ccc(N(C7=CC8=CC=CC9CCCC(=C7)C89)c7ccccc7)cc6)cc5)cc4)=CC(=C1)C23. The molecular formula is C56H44N2. The summed E-state index contributed by atoms with van der Waals surface area (Å²) in [5.41, 5.74) is 18.9. The number of benzene rings is 5. The fourth-order valence-electron chi connectivity index (χ4n) is 9.90. The normalized spacial score (nSPS) is 20.9. The van der Waals surface area contributed by atoms with Crippen LogP contribution in [0.15, 0.2) is 252 Å². The maximum absolute atomic E-state index is 2.48. The van der Waals surface area contributed by atoms with Crippen molar-refractivity contribution in [1.29, 1.82) is 0 Å². The van der Waals surface area contributed by atoms with Gasteiger partial charge in [0.25, 0.3) is 0 Å². The molecule has 11 rings (SSSR count). The molecule has 5 aromatic carbocycles. The standard InChI is InChI=1S/C56H44N2/c1-3-19-49(20-4-1)57(53-35-45-15-7-11-43-12-8-16-46(36-53)55(43)45)51-31-27-41(28-32-51)39-23-25-40(26-24-39)42-29-33-52(34-30-42)58(50-21-5-2-6-22-50)54-37-47-17-9-13-44-14-10-18-48(38-54)56(44)47/h1-9,11-13,15-17,19-38,44,55-56H,10,14,18H2. The first kappa shape index (κ1) is 34.4. The van der Waals surface area contributed by atoms with E-state index in [2.05, 4.69) is 222 Å². The number of rotatable bonds is 8. The third-order valence-corrected chi connectivity index (χ3v) is 12.6. The Morgan fingerprint density at radius 2 is 0.897 bits per heavy atom. The molecule has 0 bridgehead atoms. The van der Waals surface area contributed by atoms with Gasteiger partial charge in [-0.05, 0) is 143 Å². The van der Waals surface area contributed by atoms with Crippen LogP contribution in [0.25, 0.3) is 22.3 Å². The van der Waals surface area contributed by atoms with E-state index < -0.39 is 0 Å². The minimum atomic E-state index is 0.320. The Bertz CT molecular complexity index is 2710. The Morgan fingerprint density at radius 3 is 1.50 bits per heavy atom. The summed E-state index contributed by atoms with van der Waals surface area (Å²) in [7, 11) is 0. The molecule has 2 nitrogen and oxygen atoms in total. The van der Waals surface area contributed by atoms with E-state index in [1.54, 1.807) is 5.57 Å². The van der Waals surface area contributed by atoms with Gasteiger partial charge in [-0.1, -0.05) is 145 Å². The van der Waals surface area contributed by atoms with E-state index >= 15 is 0 Å². The third kappa shape index (κ3) is 6.22. The van der Waals surface area contributed by atoms with Crippen LogP contribution in [0, 0.1) is 17.8 Å². The molecular weight excluding hydrogens is 701 g/mol. The highest BCUT2D eigenvalue weighted by Crippen LogP contribution is 2.47. The van der Waals surface area contributed by atoms with Crippen molar-refractivity contribution < 1.29 is 0 Å². The number of hydrogen-bond donors (Lipinski definition) is 0. The van der Waals surface area contributed by atoms with Crippen LogP contribution in [0.5, 0.6) is 0 Å². The molecule has 6 aliphatic rings. The van der Waals surface area contributed by atoms with Gasteiger partial charge in [0, 0.05) is 46.0 Å². The van der Waals surface area contributed by atoms with E-state index in [4.69, 9.17) is 0 Å². The lowest BCUT2D eigenvalue weighted by Gasteiger charge is -2.39. The predicted octanol–water partition coefficient (Wildman–Crippen LogP) is 14.5. The summed E-state index contributed by atoms with van der Waals surface area (Å²) in [5, 5.41) is 0. The Kier molecular flexibility index (Phi) is 8.62. The lowest BCUT2D eigenvalue weighted by molar-refractivity contribution is 0.401. The summed E-state index contributed by atoms with van der Waals surface area (Å²) in [6, 6.07) is 48.6. The first-order chi connectivity index (χ1) is 28.7. The largest absolute Gasteiger partial charge is 0.310 e. The molecule has 0 amide bonds. The molecule has 0 aliphatic heterocycles. The van der Waals surface area contributed by atoms with Gasteiger partial charge in [-0.25, -0.2) is 0 Å². The fourth-order valence-corrected chi connectivity index (χ4v) is 9.90. The van der Waals surface area contributed by atoms with Gasteiger partial charge < -0.3 is 9.80 Å². The van der Waals surface area contributed by atoms with E-state index in [9.17, 15) is 0 Å². The number of anilines is 4. The first-order valence-corrected chi connectivity index (χ1v) is 20.8. The van der Waals surface area contributed by atoms with E-state index in [0.717, 1.165) is 11.4 Å². The molecule has 2 heteroatoms. The zero-order valence-corrected chi connectivity index (χ0v) is 32.5. The minimum absolute atomic E-state index is 0.320. The molecule has 0 saturated heterocycles. The van der Waals surface area contributed by atoms with Crippen molar-refractivity contribution in [3.8, 4) is 22.3 Å². The maximum atomic E-state index is 2.48. The Labute approximate surface area is 342 Å². The monoisotopic (exact) mass is 744 g/mol. The summed E-state index contributed by atoms with van der Waals surface area (Å²) >= 11 is 0. The van der Waals surface area contributed by atoms with E-state index in [0.29, 0.717) is 17.8 Å². The molecule has 1 fully saturated rings. The number of para-hydroxylation sites is 2. The van der Waals surface area contributed by atoms with E-state index in [1.807, 2.05) is 0 Å². The lowest BCUT2D eigenvalue weighted by Crippen LogP contribution is -2.28. The summed E-state index contributed by atoms with van der Waals surface area (Å²) in [6.07, 6.45) is 33.7. The highest BCUT2D eigenvalue weighted by Gasteiger charge is 2.34. The predicted molar refractivity (Wildman–Crippen MR) is 243 cm³/mol. The van der Waals surface area contributed by atoms with Crippen LogP contribution in [-0.4, -0.2) is 0 Å². The van der Waals surface area contributed by atoms with Gasteiger partial charge in [-0.3, -0.25) is 0 Å². The van der Waals surface area contributed by atoms with Crippen LogP contribution >= 0.6 is 0 Å². The second kappa shape index (κ2) is 14.6. The number of nitrogens with zero attached hydrogens (tertiary/aromatic N) is 2. The van der Waals surface area contributed by atoms with Crippen molar-refractivity contribution in [3.05, 3.63) is 252 Å². The van der Waals surface area contributed by atoms with Gasteiger partial charge in [-0.2, -0.15) is 0 Å². The van der Waals surface area contributed by atoms with Crippen LogP contribution in [0.3, 0.4) is 0 Å². The number of hydrogen-bond acceptors (Lipinski definition) is 2. The Morgan fingerprint density at radius 1 is 0.414 bits per heavy atom. The minimum Gasteiger partial charge on any atom is -0.310 e. The Hall–Kier alpha value is -6.90. The molecule has 0 spiro atoms. The quantitative estimate of drug-likeness (QED) is 0.156. The Balaban J connectivity index is 0.861. The van der Waals surface area contributed by atoms with Crippen LogP contribution < -0.4 is 9.80 Å². The first-order valence-electron chi connectivity index (χ1n) is 20.8. The molecule has 1 saturated carbocycles. The van der Waals surface area contributed by atoms with Crippen molar-refractivity contribution in [2.75, 3.05) is 9.80 Å². The van der Waals surface area contributed by atoms with E-state index in [-0.39, 0.29) is 0 Å². The van der Waals surface area contributed by atoms with Gasteiger partial charge in [0.2, 0.25) is 0 Å². The van der Waals surface area contributed by atoms with Gasteiger partial charge in [0.15, 0.2) is 0 Å². The zero-order valence-electron chi connectivity index (χ0n) is 32.5. The van der Waals surface area contributed by atoms with Crippen molar-refractivity contribution in [3.63, 3.8) is 0 Å². The van der Waals surface area contributed by atoms with Crippen molar-refractivity contribution in [2.24, 2.45) is 17.8 Å². The van der Waals surface area contributed by atoms with Crippen LogP contribution in [0.4, 0.5) is 22.7 Å². The molecule has 278 valence electrons. The molecule has 3 atom stereocenters. The molecule has 0 radical (unpaired) electrons. The summed E-state index contributed by atoms with van der Waals surface area (Å²) < 4.78 is 0. The van der Waals surface area contributed by atoms with Gasteiger partial charge in [-0.15, -0.1) is 0 Å². The average Bonchev–Trinajstić information content (AvgIpc) is 3.28. The molecule has 0 heterocycles.